The Kier molecular flexibility index (Phi) is 2.87. The second-order valence-electron chi connectivity index (χ2n) is 5.18. The van der Waals surface area contributed by atoms with Crippen molar-refractivity contribution in [1.29, 1.82) is 0 Å². The van der Waals surface area contributed by atoms with Crippen molar-refractivity contribution in [2.45, 2.75) is 58.7 Å². The van der Waals surface area contributed by atoms with E-state index in [0.717, 1.165) is 18.9 Å². The first kappa shape index (κ1) is 10.1. The number of rotatable bonds is 4. The predicted molar refractivity (Wildman–Crippen MR) is 54.9 cm³/mol. The molecule has 0 spiro atoms. The van der Waals surface area contributed by atoms with E-state index in [2.05, 4.69) is 20.7 Å². The lowest BCUT2D eigenvalue weighted by Gasteiger charge is -2.30. The zero-order valence-electron chi connectivity index (χ0n) is 8.80. The fourth-order valence-electron chi connectivity index (χ4n) is 1.83. The number of aliphatic hydroxyl groups is 1. The third kappa shape index (κ3) is 2.51. The van der Waals surface area contributed by atoms with Gasteiger partial charge in [0.15, 0.2) is 0 Å². The lowest BCUT2D eigenvalue weighted by Crippen LogP contribution is -2.30. The molecule has 0 aliphatic heterocycles. The molecule has 1 unspecified atom stereocenters. The Balaban J connectivity index is 2.36. The highest BCUT2D eigenvalue weighted by molar-refractivity contribution is 6.60. The summed E-state index contributed by atoms with van der Waals surface area (Å²) in [5, 5.41) is 9.53. The minimum absolute atomic E-state index is 0.0992. The van der Waals surface area contributed by atoms with Crippen LogP contribution in [-0.2, 0) is 0 Å². The molecule has 0 radical (unpaired) electrons. The molecule has 1 N–H and O–H groups in total. The summed E-state index contributed by atoms with van der Waals surface area (Å²) in [6.07, 6.45) is 3.81. The Morgan fingerprint density at radius 3 is 2.33 bits per heavy atom. The van der Waals surface area contributed by atoms with Gasteiger partial charge in [-0.05, 0) is 12.3 Å². The van der Waals surface area contributed by atoms with Crippen molar-refractivity contribution in [2.75, 3.05) is 0 Å². The topological polar surface area (TPSA) is 20.2 Å². The molecule has 12 heavy (non-hydrogen) atoms. The molecule has 70 valence electrons. The van der Waals surface area contributed by atoms with Gasteiger partial charge in [0.25, 0.3) is 0 Å². The first-order chi connectivity index (χ1) is 5.43. The van der Waals surface area contributed by atoms with Crippen LogP contribution in [0.2, 0.25) is 19.0 Å². The Bertz CT molecular complexity index is 150. The second kappa shape index (κ2) is 3.41. The second-order valence-corrected chi connectivity index (χ2v) is 5.18. The van der Waals surface area contributed by atoms with E-state index in [4.69, 9.17) is 0 Å². The van der Waals surface area contributed by atoms with E-state index in [1.165, 1.54) is 12.8 Å². The first-order valence-electron chi connectivity index (χ1n) is 5.11. The van der Waals surface area contributed by atoms with Crippen LogP contribution in [0, 0.1) is 5.41 Å². The monoisotopic (exact) mass is 168 g/mol. The van der Waals surface area contributed by atoms with Crippen LogP contribution < -0.4 is 0 Å². The Hall–Kier alpha value is 0.0249. The van der Waals surface area contributed by atoms with Crippen molar-refractivity contribution in [2.24, 2.45) is 5.41 Å². The van der Waals surface area contributed by atoms with Crippen molar-refractivity contribution < 1.29 is 5.11 Å². The van der Waals surface area contributed by atoms with Crippen LogP contribution in [0.1, 0.15) is 33.6 Å². The van der Waals surface area contributed by atoms with Gasteiger partial charge in [0.2, 0.25) is 0 Å². The quantitative estimate of drug-likeness (QED) is 0.640. The van der Waals surface area contributed by atoms with Crippen molar-refractivity contribution in [3.63, 3.8) is 0 Å². The molecule has 1 saturated carbocycles. The fourth-order valence-corrected chi connectivity index (χ4v) is 1.83. The molecule has 0 saturated heterocycles. The molecule has 1 fully saturated rings. The standard InChI is InChI=1S/C10H21BO/c1-8(12)10(2,3)7-11(4)9-5-6-9/h8-9,12H,5-7H2,1-4H3. The summed E-state index contributed by atoms with van der Waals surface area (Å²) in [6.45, 7) is 9.35. The molecule has 1 aliphatic carbocycles. The summed E-state index contributed by atoms with van der Waals surface area (Å²) in [5.74, 6) is 0.961. The van der Waals surface area contributed by atoms with E-state index in [1.807, 2.05) is 6.92 Å². The molecule has 0 heterocycles. The van der Waals surface area contributed by atoms with E-state index in [-0.39, 0.29) is 11.5 Å². The van der Waals surface area contributed by atoms with Crippen LogP contribution in [0.15, 0.2) is 0 Å². The zero-order chi connectivity index (χ0) is 9.35. The van der Waals surface area contributed by atoms with Gasteiger partial charge >= 0.3 is 0 Å². The van der Waals surface area contributed by atoms with Crippen LogP contribution in [-0.4, -0.2) is 17.9 Å². The Morgan fingerprint density at radius 2 is 2.00 bits per heavy atom. The highest BCUT2D eigenvalue weighted by atomic mass is 16.3. The van der Waals surface area contributed by atoms with Gasteiger partial charge in [-0.2, -0.15) is 0 Å². The van der Waals surface area contributed by atoms with Crippen molar-refractivity contribution >= 4 is 6.71 Å². The summed E-state index contributed by atoms with van der Waals surface area (Å²) < 4.78 is 0. The molecule has 0 aromatic rings. The normalized spacial score (nSPS) is 20.8. The highest BCUT2D eigenvalue weighted by Gasteiger charge is 2.36. The van der Waals surface area contributed by atoms with Gasteiger partial charge < -0.3 is 5.11 Å². The van der Waals surface area contributed by atoms with Crippen molar-refractivity contribution in [3.05, 3.63) is 0 Å². The Morgan fingerprint density at radius 1 is 1.50 bits per heavy atom. The molecule has 2 heteroatoms. The maximum atomic E-state index is 9.53. The predicted octanol–water partition coefficient (Wildman–Crippen LogP) is 2.68. The maximum Gasteiger partial charge on any atom is 0.140 e. The molecule has 1 atom stereocenters. The fraction of sp³-hybridized carbons (Fsp3) is 1.00. The van der Waals surface area contributed by atoms with Gasteiger partial charge in [0.1, 0.15) is 6.71 Å². The van der Waals surface area contributed by atoms with E-state index < -0.39 is 0 Å². The number of aliphatic hydroxyl groups excluding tert-OH is 1. The van der Waals surface area contributed by atoms with Gasteiger partial charge in [0, 0.05) is 0 Å². The third-order valence-electron chi connectivity index (χ3n) is 3.41. The first-order valence-corrected chi connectivity index (χ1v) is 5.11. The number of hydrogen-bond donors (Lipinski definition) is 1. The van der Waals surface area contributed by atoms with Crippen LogP contribution in [0.25, 0.3) is 0 Å². The summed E-state index contributed by atoms with van der Waals surface area (Å²) in [5.41, 5.74) is 0.0992. The molecule has 0 aromatic heterocycles. The van der Waals surface area contributed by atoms with Gasteiger partial charge in [-0.15, -0.1) is 0 Å². The molecule has 0 aromatic carbocycles. The minimum atomic E-state index is -0.182. The maximum absolute atomic E-state index is 9.53. The van der Waals surface area contributed by atoms with Crippen molar-refractivity contribution in [3.8, 4) is 0 Å². The zero-order valence-corrected chi connectivity index (χ0v) is 8.80. The van der Waals surface area contributed by atoms with Crippen molar-refractivity contribution in [1.82, 2.24) is 0 Å². The SMILES string of the molecule is CB(CC(C)(C)C(C)O)C1CC1. The molecule has 1 rings (SSSR count). The van der Waals surface area contributed by atoms with Gasteiger partial charge in [-0.1, -0.05) is 45.6 Å². The minimum Gasteiger partial charge on any atom is -0.393 e. The summed E-state index contributed by atoms with van der Waals surface area (Å²) in [4.78, 5) is 0. The highest BCUT2D eigenvalue weighted by Crippen LogP contribution is 2.43. The average molecular weight is 168 g/mol. The summed E-state index contributed by atoms with van der Waals surface area (Å²) >= 11 is 0. The average Bonchev–Trinajstić information content (AvgIpc) is 2.65. The van der Waals surface area contributed by atoms with Crippen LogP contribution in [0.5, 0.6) is 0 Å². The molecule has 1 aliphatic rings. The molecular formula is C10H21BO. The smallest absolute Gasteiger partial charge is 0.140 e. The van der Waals surface area contributed by atoms with Gasteiger partial charge in [0.05, 0.1) is 6.10 Å². The van der Waals surface area contributed by atoms with E-state index in [1.54, 1.807) is 0 Å². The largest absolute Gasteiger partial charge is 0.393 e. The van der Waals surface area contributed by atoms with Gasteiger partial charge in [-0.25, -0.2) is 0 Å². The van der Waals surface area contributed by atoms with E-state index >= 15 is 0 Å². The van der Waals surface area contributed by atoms with Crippen LogP contribution >= 0.6 is 0 Å². The third-order valence-corrected chi connectivity index (χ3v) is 3.41. The van der Waals surface area contributed by atoms with Crippen LogP contribution in [0.3, 0.4) is 0 Å². The molecule has 0 bridgehead atoms. The van der Waals surface area contributed by atoms with E-state index in [0.29, 0.717) is 0 Å². The number of hydrogen-bond acceptors (Lipinski definition) is 1. The molecule has 1 nitrogen and oxygen atoms in total. The Labute approximate surface area is 76.6 Å². The summed E-state index contributed by atoms with van der Waals surface area (Å²) in [6, 6.07) is 0. The molecule has 0 amide bonds. The lowest BCUT2D eigenvalue weighted by atomic mass is 9.41. The lowest BCUT2D eigenvalue weighted by molar-refractivity contribution is 0.0795. The van der Waals surface area contributed by atoms with E-state index in [9.17, 15) is 5.11 Å². The van der Waals surface area contributed by atoms with Crippen LogP contribution in [0.4, 0.5) is 0 Å². The molecular weight excluding hydrogens is 147 g/mol. The summed E-state index contributed by atoms with van der Waals surface area (Å²) in [7, 11) is 0. The van der Waals surface area contributed by atoms with Gasteiger partial charge in [-0.3, -0.25) is 0 Å².